The van der Waals surface area contributed by atoms with E-state index in [1.165, 1.54) is 41.1 Å². The summed E-state index contributed by atoms with van der Waals surface area (Å²) in [5.41, 5.74) is 1.17. The van der Waals surface area contributed by atoms with Gasteiger partial charge in [-0.25, -0.2) is 8.42 Å². The van der Waals surface area contributed by atoms with Gasteiger partial charge in [0, 0.05) is 12.2 Å². The lowest BCUT2D eigenvalue weighted by molar-refractivity contribution is 0.102. The summed E-state index contributed by atoms with van der Waals surface area (Å²) in [5.74, 6) is -0.412. The molecule has 6 nitrogen and oxygen atoms in total. The third-order valence-electron chi connectivity index (χ3n) is 3.87. The molecule has 0 atom stereocenters. The van der Waals surface area contributed by atoms with Gasteiger partial charge in [0.25, 0.3) is 15.9 Å². The number of sulfonamides is 1. The summed E-state index contributed by atoms with van der Waals surface area (Å²) in [7, 11) is -3.92. The summed E-state index contributed by atoms with van der Waals surface area (Å²) < 4.78 is 32.5. The Morgan fingerprint density at radius 3 is 2.52 bits per heavy atom. The van der Waals surface area contributed by atoms with Crippen LogP contribution in [0.5, 0.6) is 0 Å². The van der Waals surface area contributed by atoms with Crippen LogP contribution in [0.15, 0.2) is 76.4 Å². The average molecular weight is 405 g/mol. The number of benzene rings is 2. The van der Waals surface area contributed by atoms with Gasteiger partial charge in [-0.15, -0.1) is 0 Å². The molecule has 1 N–H and O–H groups in total. The molecule has 0 saturated carbocycles. The number of amides is 1. The molecule has 0 bridgehead atoms. The van der Waals surface area contributed by atoms with Crippen LogP contribution in [-0.2, 0) is 10.0 Å². The summed E-state index contributed by atoms with van der Waals surface area (Å²) in [5, 5.41) is 2.71. The monoisotopic (exact) mass is 404 g/mol. The fraction of sp³-hybridized carbons (Fsp3) is 0.105. The summed E-state index contributed by atoms with van der Waals surface area (Å²) in [6, 6.07) is 14.6. The predicted octanol–water partition coefficient (Wildman–Crippen LogP) is 4.40. The van der Waals surface area contributed by atoms with Crippen LogP contribution in [0.4, 0.5) is 11.4 Å². The molecule has 0 spiro atoms. The summed E-state index contributed by atoms with van der Waals surface area (Å²) in [6.45, 7) is 1.97. The molecular weight excluding hydrogens is 388 g/mol. The summed E-state index contributed by atoms with van der Waals surface area (Å²) in [4.78, 5) is 12.1. The van der Waals surface area contributed by atoms with Crippen molar-refractivity contribution in [3.8, 4) is 0 Å². The number of rotatable bonds is 6. The molecule has 0 fully saturated rings. The Bertz CT molecular complexity index is 1030. The van der Waals surface area contributed by atoms with Crippen LogP contribution in [0, 0.1) is 0 Å². The number of halogens is 1. The van der Waals surface area contributed by atoms with E-state index in [4.69, 9.17) is 16.0 Å². The topological polar surface area (TPSA) is 79.6 Å². The van der Waals surface area contributed by atoms with Crippen LogP contribution in [0.25, 0.3) is 0 Å². The zero-order valence-electron chi connectivity index (χ0n) is 14.4. The van der Waals surface area contributed by atoms with Gasteiger partial charge in [0.05, 0.1) is 22.5 Å². The van der Waals surface area contributed by atoms with Gasteiger partial charge in [0.15, 0.2) is 0 Å². The summed E-state index contributed by atoms with van der Waals surface area (Å²) >= 11 is 6.17. The molecule has 0 saturated heterocycles. The van der Waals surface area contributed by atoms with E-state index in [0.717, 1.165) is 0 Å². The highest BCUT2D eigenvalue weighted by molar-refractivity contribution is 7.93. The second kappa shape index (κ2) is 7.85. The fourth-order valence-corrected chi connectivity index (χ4v) is 4.56. The summed E-state index contributed by atoms with van der Waals surface area (Å²) in [6.07, 6.45) is 2.68. The molecule has 3 rings (SSSR count). The molecule has 1 amide bonds. The van der Waals surface area contributed by atoms with Crippen molar-refractivity contribution in [1.29, 1.82) is 0 Å². The Morgan fingerprint density at radius 1 is 1.15 bits per heavy atom. The number of hydrogen-bond acceptors (Lipinski definition) is 4. The lowest BCUT2D eigenvalue weighted by Gasteiger charge is -2.23. The molecule has 1 heterocycles. The quantitative estimate of drug-likeness (QED) is 0.660. The third kappa shape index (κ3) is 3.99. The van der Waals surface area contributed by atoms with Gasteiger partial charge < -0.3 is 9.73 Å². The number of hydrogen-bond donors (Lipinski definition) is 1. The van der Waals surface area contributed by atoms with E-state index in [0.29, 0.717) is 16.9 Å². The second-order valence-corrected chi connectivity index (χ2v) is 7.85. The maximum absolute atomic E-state index is 13.2. The first-order valence-electron chi connectivity index (χ1n) is 8.14. The standard InChI is InChI=1S/C19H17ClN2O4S/c1-2-22(16-6-4-3-5-7-16)27(24,25)18-12-15(8-9-17(18)20)21-19(23)14-10-11-26-13-14/h3-13H,2H2,1H3,(H,21,23). The van der Waals surface area contributed by atoms with Gasteiger partial charge in [-0.1, -0.05) is 29.8 Å². The van der Waals surface area contributed by atoms with Crippen LogP contribution in [-0.4, -0.2) is 20.9 Å². The average Bonchev–Trinajstić information content (AvgIpc) is 3.19. The minimum absolute atomic E-state index is 0.0747. The van der Waals surface area contributed by atoms with Gasteiger partial charge in [0.2, 0.25) is 0 Å². The van der Waals surface area contributed by atoms with Crippen molar-refractivity contribution < 1.29 is 17.6 Å². The Hall–Kier alpha value is -2.77. The van der Waals surface area contributed by atoms with E-state index in [1.54, 1.807) is 31.2 Å². The van der Waals surface area contributed by atoms with Crippen molar-refractivity contribution in [2.75, 3.05) is 16.2 Å². The number of carbonyl (C=O) groups excluding carboxylic acids is 1. The highest BCUT2D eigenvalue weighted by Gasteiger charge is 2.26. The lowest BCUT2D eigenvalue weighted by atomic mass is 10.3. The molecule has 8 heteroatoms. The van der Waals surface area contributed by atoms with Crippen molar-refractivity contribution >= 4 is 38.9 Å². The molecule has 0 unspecified atom stereocenters. The first-order chi connectivity index (χ1) is 12.9. The van der Waals surface area contributed by atoms with Crippen molar-refractivity contribution in [2.24, 2.45) is 0 Å². The Balaban J connectivity index is 1.96. The molecule has 140 valence electrons. The van der Waals surface area contributed by atoms with E-state index in [1.807, 2.05) is 6.07 Å². The zero-order valence-corrected chi connectivity index (χ0v) is 16.0. The van der Waals surface area contributed by atoms with Crippen molar-refractivity contribution in [1.82, 2.24) is 0 Å². The number of anilines is 2. The van der Waals surface area contributed by atoms with Crippen LogP contribution < -0.4 is 9.62 Å². The van der Waals surface area contributed by atoms with Gasteiger partial charge in [-0.3, -0.25) is 9.10 Å². The molecule has 27 heavy (non-hydrogen) atoms. The molecule has 0 aliphatic rings. The molecule has 0 aliphatic heterocycles. The Labute approximate surface area is 162 Å². The maximum atomic E-state index is 13.2. The van der Waals surface area contributed by atoms with Crippen molar-refractivity contribution in [3.05, 3.63) is 77.7 Å². The van der Waals surface area contributed by atoms with Gasteiger partial charge in [-0.2, -0.15) is 0 Å². The van der Waals surface area contributed by atoms with Crippen LogP contribution in [0.1, 0.15) is 17.3 Å². The highest BCUT2D eigenvalue weighted by Crippen LogP contribution is 2.30. The van der Waals surface area contributed by atoms with E-state index in [2.05, 4.69) is 5.32 Å². The predicted molar refractivity (Wildman–Crippen MR) is 105 cm³/mol. The minimum atomic E-state index is -3.92. The van der Waals surface area contributed by atoms with E-state index >= 15 is 0 Å². The van der Waals surface area contributed by atoms with Crippen molar-refractivity contribution in [3.63, 3.8) is 0 Å². The molecule has 0 radical (unpaired) electrons. The Morgan fingerprint density at radius 2 is 1.89 bits per heavy atom. The van der Waals surface area contributed by atoms with Gasteiger partial charge >= 0.3 is 0 Å². The van der Waals surface area contributed by atoms with Gasteiger partial charge in [0.1, 0.15) is 11.2 Å². The molecule has 2 aromatic carbocycles. The fourth-order valence-electron chi connectivity index (χ4n) is 2.58. The number of furan rings is 1. The van der Waals surface area contributed by atoms with E-state index < -0.39 is 15.9 Å². The SMILES string of the molecule is CCN(c1ccccc1)S(=O)(=O)c1cc(NC(=O)c2ccoc2)ccc1Cl. The van der Waals surface area contributed by atoms with Crippen LogP contribution in [0.2, 0.25) is 5.02 Å². The maximum Gasteiger partial charge on any atom is 0.265 e. The molecule has 3 aromatic rings. The largest absolute Gasteiger partial charge is 0.472 e. The first kappa shape index (κ1) is 19.0. The number of para-hydroxylation sites is 1. The number of nitrogens with zero attached hydrogens (tertiary/aromatic N) is 1. The van der Waals surface area contributed by atoms with Gasteiger partial charge in [-0.05, 0) is 43.3 Å². The number of nitrogens with one attached hydrogen (secondary N) is 1. The van der Waals surface area contributed by atoms with E-state index in [-0.39, 0.29) is 16.5 Å². The first-order valence-corrected chi connectivity index (χ1v) is 9.96. The highest BCUT2D eigenvalue weighted by atomic mass is 35.5. The molecule has 0 aliphatic carbocycles. The number of carbonyl (C=O) groups is 1. The van der Waals surface area contributed by atoms with E-state index in [9.17, 15) is 13.2 Å². The Kier molecular flexibility index (Phi) is 5.53. The normalized spacial score (nSPS) is 11.2. The smallest absolute Gasteiger partial charge is 0.265 e. The minimum Gasteiger partial charge on any atom is -0.472 e. The third-order valence-corrected chi connectivity index (χ3v) is 6.26. The molecular formula is C19H17ClN2O4S. The second-order valence-electron chi connectivity index (χ2n) is 5.62. The lowest BCUT2D eigenvalue weighted by Crippen LogP contribution is -2.31. The van der Waals surface area contributed by atoms with Crippen LogP contribution in [0.3, 0.4) is 0 Å². The van der Waals surface area contributed by atoms with Crippen LogP contribution >= 0.6 is 11.6 Å². The van der Waals surface area contributed by atoms with Crippen molar-refractivity contribution in [2.45, 2.75) is 11.8 Å². The molecule has 1 aromatic heterocycles. The zero-order chi connectivity index (χ0) is 19.4.